The molecule has 0 aliphatic rings. The number of fused-ring (bicyclic) bond motifs is 1. The number of aromatic hydroxyl groups is 1. The van der Waals surface area contributed by atoms with Gasteiger partial charge in [0, 0.05) is 34.9 Å². The standard InChI is InChI=1S/C27H25F2NO5/c1-27(2,14-34-3)25-22(16-7-11-19(28)21(13-16)35-4)18-10-12-20(29)24(31)23(18)30(25)17-8-5-15(6-9-17)26(32)33/h5-13,31H,14H2,1-4H3,(H,32,33). The molecule has 1 heterocycles. The SMILES string of the molecule is COCC(C)(C)c1c(-c2ccc(F)c(OC)c2)c2ccc(F)c(O)c2n1-c1ccc(C(=O)O)cc1. The van der Waals surface area contributed by atoms with Crippen molar-refractivity contribution in [3.8, 4) is 28.3 Å². The number of benzene rings is 3. The van der Waals surface area contributed by atoms with Crippen LogP contribution in [0.3, 0.4) is 0 Å². The second-order valence-electron chi connectivity index (χ2n) is 8.87. The molecule has 0 bridgehead atoms. The predicted octanol–water partition coefficient (Wildman–Crippen LogP) is 5.91. The molecule has 35 heavy (non-hydrogen) atoms. The zero-order valence-corrected chi connectivity index (χ0v) is 19.7. The Morgan fingerprint density at radius 3 is 2.26 bits per heavy atom. The lowest BCUT2D eigenvalue weighted by molar-refractivity contribution is 0.0697. The molecule has 0 spiro atoms. The molecule has 0 aliphatic carbocycles. The first-order valence-electron chi connectivity index (χ1n) is 10.8. The number of phenols is 1. The summed E-state index contributed by atoms with van der Waals surface area (Å²) in [6.07, 6.45) is 0. The molecule has 0 fully saturated rings. The van der Waals surface area contributed by atoms with Crippen LogP contribution in [0.4, 0.5) is 8.78 Å². The van der Waals surface area contributed by atoms with Crippen LogP contribution in [-0.2, 0) is 10.2 Å². The number of carboxylic acids is 1. The third-order valence-corrected chi connectivity index (χ3v) is 6.01. The molecule has 0 unspecified atom stereocenters. The van der Waals surface area contributed by atoms with Gasteiger partial charge in [0.1, 0.15) is 0 Å². The number of aromatic carboxylic acids is 1. The number of methoxy groups -OCH3 is 2. The molecular weight excluding hydrogens is 456 g/mol. The van der Waals surface area contributed by atoms with Gasteiger partial charge >= 0.3 is 5.97 Å². The van der Waals surface area contributed by atoms with Crippen molar-refractivity contribution in [2.24, 2.45) is 0 Å². The number of hydrogen-bond donors (Lipinski definition) is 2. The molecule has 6 nitrogen and oxygen atoms in total. The maximum absolute atomic E-state index is 14.6. The fourth-order valence-electron chi connectivity index (χ4n) is 4.52. The summed E-state index contributed by atoms with van der Waals surface area (Å²) in [5.74, 6) is -2.94. The summed E-state index contributed by atoms with van der Waals surface area (Å²) in [7, 11) is 2.93. The average Bonchev–Trinajstić information content (AvgIpc) is 3.18. The normalized spacial score (nSPS) is 11.7. The fourth-order valence-corrected chi connectivity index (χ4v) is 4.52. The second-order valence-corrected chi connectivity index (χ2v) is 8.87. The molecule has 182 valence electrons. The molecule has 0 radical (unpaired) electrons. The van der Waals surface area contributed by atoms with E-state index in [1.54, 1.807) is 42.0 Å². The van der Waals surface area contributed by atoms with E-state index >= 15 is 0 Å². The van der Waals surface area contributed by atoms with Gasteiger partial charge in [-0.1, -0.05) is 19.9 Å². The van der Waals surface area contributed by atoms with E-state index in [1.165, 1.54) is 31.4 Å². The van der Waals surface area contributed by atoms with Gasteiger partial charge < -0.3 is 24.3 Å². The summed E-state index contributed by atoms with van der Waals surface area (Å²) in [5.41, 5.74) is 2.01. The van der Waals surface area contributed by atoms with Crippen molar-refractivity contribution < 1.29 is 33.3 Å². The van der Waals surface area contributed by atoms with Crippen LogP contribution >= 0.6 is 0 Å². The molecule has 2 N–H and O–H groups in total. The first-order chi connectivity index (χ1) is 16.6. The van der Waals surface area contributed by atoms with Crippen molar-refractivity contribution in [1.29, 1.82) is 0 Å². The minimum Gasteiger partial charge on any atom is -0.503 e. The second kappa shape index (κ2) is 9.03. The fraction of sp³-hybridized carbons (Fsp3) is 0.222. The minimum atomic E-state index is -1.08. The van der Waals surface area contributed by atoms with Crippen LogP contribution in [0.25, 0.3) is 27.7 Å². The van der Waals surface area contributed by atoms with Gasteiger partial charge in [-0.3, -0.25) is 0 Å². The number of halogens is 2. The molecule has 1 aromatic heterocycles. The summed E-state index contributed by atoms with van der Waals surface area (Å²) < 4.78 is 41.3. The van der Waals surface area contributed by atoms with Gasteiger partial charge in [0.15, 0.2) is 23.1 Å². The van der Waals surface area contributed by atoms with Crippen LogP contribution < -0.4 is 4.74 Å². The number of ether oxygens (including phenoxy) is 2. The van der Waals surface area contributed by atoms with Gasteiger partial charge in [-0.05, 0) is 54.1 Å². The van der Waals surface area contributed by atoms with E-state index in [0.29, 0.717) is 27.9 Å². The van der Waals surface area contributed by atoms with Crippen molar-refractivity contribution in [1.82, 2.24) is 4.57 Å². The number of hydrogen-bond acceptors (Lipinski definition) is 4. The van der Waals surface area contributed by atoms with E-state index < -0.39 is 28.8 Å². The van der Waals surface area contributed by atoms with E-state index in [1.807, 2.05) is 13.8 Å². The highest BCUT2D eigenvalue weighted by molar-refractivity contribution is 6.03. The highest BCUT2D eigenvalue weighted by atomic mass is 19.1. The van der Waals surface area contributed by atoms with Gasteiger partial charge in [-0.25, -0.2) is 13.6 Å². The number of carboxylic acid groups (broad SMARTS) is 1. The zero-order chi connectivity index (χ0) is 25.5. The van der Waals surface area contributed by atoms with E-state index in [-0.39, 0.29) is 23.4 Å². The summed E-state index contributed by atoms with van der Waals surface area (Å²) in [6.45, 7) is 4.14. The third kappa shape index (κ3) is 4.10. The quantitative estimate of drug-likeness (QED) is 0.343. The lowest BCUT2D eigenvalue weighted by Crippen LogP contribution is -2.27. The van der Waals surface area contributed by atoms with E-state index in [0.717, 1.165) is 0 Å². The molecule has 0 saturated carbocycles. The van der Waals surface area contributed by atoms with Gasteiger partial charge in [0.25, 0.3) is 0 Å². The number of rotatable bonds is 7. The first-order valence-corrected chi connectivity index (χ1v) is 10.8. The molecular formula is C27H25F2NO5. The van der Waals surface area contributed by atoms with Crippen LogP contribution in [0.15, 0.2) is 54.6 Å². The van der Waals surface area contributed by atoms with Crippen molar-refractivity contribution in [2.45, 2.75) is 19.3 Å². The Kier molecular flexibility index (Phi) is 6.25. The van der Waals surface area contributed by atoms with Crippen molar-refractivity contribution >= 4 is 16.9 Å². The molecule has 0 aliphatic heterocycles. The predicted molar refractivity (Wildman–Crippen MR) is 129 cm³/mol. The Hall–Kier alpha value is -3.91. The van der Waals surface area contributed by atoms with E-state index in [9.17, 15) is 23.8 Å². The van der Waals surface area contributed by atoms with Crippen LogP contribution in [0.1, 0.15) is 29.9 Å². The van der Waals surface area contributed by atoms with E-state index in [4.69, 9.17) is 9.47 Å². The maximum Gasteiger partial charge on any atom is 0.335 e. The number of nitrogens with zero attached hydrogens (tertiary/aromatic N) is 1. The highest BCUT2D eigenvalue weighted by Gasteiger charge is 2.33. The zero-order valence-electron chi connectivity index (χ0n) is 19.7. The smallest absolute Gasteiger partial charge is 0.335 e. The van der Waals surface area contributed by atoms with Gasteiger partial charge in [0.2, 0.25) is 0 Å². The van der Waals surface area contributed by atoms with Crippen molar-refractivity contribution in [3.05, 3.63) is 77.5 Å². The third-order valence-electron chi connectivity index (χ3n) is 6.01. The molecule has 8 heteroatoms. The van der Waals surface area contributed by atoms with Crippen LogP contribution in [-0.4, -0.2) is 41.6 Å². The Morgan fingerprint density at radius 1 is 1.00 bits per heavy atom. The Bertz CT molecular complexity index is 1420. The average molecular weight is 481 g/mol. The monoisotopic (exact) mass is 481 g/mol. The van der Waals surface area contributed by atoms with Gasteiger partial charge in [-0.2, -0.15) is 0 Å². The molecule has 3 aromatic carbocycles. The summed E-state index contributed by atoms with van der Waals surface area (Å²) in [4.78, 5) is 11.4. The Labute approximate surface area is 201 Å². The van der Waals surface area contributed by atoms with E-state index in [2.05, 4.69) is 0 Å². The number of phenolic OH excluding ortho intramolecular Hbond substituents is 1. The lowest BCUT2D eigenvalue weighted by Gasteiger charge is -2.28. The maximum atomic E-state index is 14.6. The molecule has 4 rings (SSSR count). The highest BCUT2D eigenvalue weighted by Crippen LogP contribution is 2.46. The Balaban J connectivity index is 2.19. The molecule has 4 aromatic rings. The van der Waals surface area contributed by atoms with Crippen LogP contribution in [0.2, 0.25) is 0 Å². The largest absolute Gasteiger partial charge is 0.503 e. The Morgan fingerprint density at radius 2 is 1.66 bits per heavy atom. The van der Waals surface area contributed by atoms with Gasteiger partial charge in [-0.15, -0.1) is 0 Å². The summed E-state index contributed by atoms with van der Waals surface area (Å²) >= 11 is 0. The van der Waals surface area contributed by atoms with Crippen molar-refractivity contribution in [2.75, 3.05) is 20.8 Å². The summed E-state index contributed by atoms with van der Waals surface area (Å²) in [6, 6.07) is 13.2. The molecule has 0 saturated heterocycles. The summed E-state index contributed by atoms with van der Waals surface area (Å²) in [5, 5.41) is 20.7. The van der Waals surface area contributed by atoms with Crippen molar-refractivity contribution in [3.63, 3.8) is 0 Å². The number of carbonyl (C=O) groups is 1. The lowest BCUT2D eigenvalue weighted by atomic mass is 9.84. The first kappa shape index (κ1) is 24.2. The van der Waals surface area contributed by atoms with Crippen LogP contribution in [0.5, 0.6) is 11.5 Å². The van der Waals surface area contributed by atoms with Crippen LogP contribution in [0, 0.1) is 11.6 Å². The minimum absolute atomic E-state index is 0.0380. The topological polar surface area (TPSA) is 80.9 Å². The van der Waals surface area contributed by atoms with Gasteiger partial charge in [0.05, 0.1) is 24.8 Å². The number of aromatic nitrogens is 1. The molecule has 0 atom stereocenters. The molecule has 0 amide bonds.